The summed E-state index contributed by atoms with van der Waals surface area (Å²) in [5, 5.41) is 3.36. The minimum Gasteiger partial charge on any atom is -0.316 e. The molecule has 0 saturated heterocycles. The van der Waals surface area contributed by atoms with Gasteiger partial charge in [-0.15, -0.1) is 11.8 Å². The Kier molecular flexibility index (Phi) is 10.8. The SMILES string of the molecule is CC#CCCNCCCSCC. The monoisotopic (exact) mass is 185 g/mol. The minimum atomic E-state index is 0.984. The molecule has 1 nitrogen and oxygen atoms in total. The smallest absolute Gasteiger partial charge is 0.0214 e. The second-order valence-electron chi connectivity index (χ2n) is 2.48. The molecule has 0 heterocycles. The fourth-order valence-electron chi connectivity index (χ4n) is 0.844. The molecule has 0 unspecified atom stereocenters. The molecule has 12 heavy (non-hydrogen) atoms. The van der Waals surface area contributed by atoms with E-state index in [1.807, 2.05) is 18.7 Å². The standard InChI is InChI=1S/C10H19NS/c1-3-5-6-8-11-9-7-10-12-4-2/h11H,4,6-10H2,1-2H3. The number of hydrogen-bond donors (Lipinski definition) is 1. The molecule has 0 radical (unpaired) electrons. The third kappa shape index (κ3) is 9.87. The van der Waals surface area contributed by atoms with Crippen molar-refractivity contribution in [1.29, 1.82) is 0 Å². The van der Waals surface area contributed by atoms with Gasteiger partial charge >= 0.3 is 0 Å². The summed E-state index contributed by atoms with van der Waals surface area (Å²) in [5.74, 6) is 8.44. The summed E-state index contributed by atoms with van der Waals surface area (Å²) in [4.78, 5) is 0. The highest BCUT2D eigenvalue weighted by Crippen LogP contribution is 1.99. The first kappa shape index (κ1) is 11.9. The molecule has 70 valence electrons. The fourth-order valence-corrected chi connectivity index (χ4v) is 1.48. The zero-order chi connectivity index (χ0) is 9.07. The molecule has 0 bridgehead atoms. The third-order valence-corrected chi connectivity index (χ3v) is 2.44. The molecule has 0 saturated carbocycles. The first-order valence-electron chi connectivity index (χ1n) is 4.60. The average Bonchev–Trinajstić information content (AvgIpc) is 2.10. The number of hydrogen-bond acceptors (Lipinski definition) is 2. The number of rotatable bonds is 7. The van der Waals surface area contributed by atoms with E-state index >= 15 is 0 Å². The van der Waals surface area contributed by atoms with Gasteiger partial charge in [-0.3, -0.25) is 0 Å². The predicted octanol–water partition coefficient (Wildman–Crippen LogP) is 2.13. The molecule has 0 amide bonds. The molecule has 0 aromatic carbocycles. The zero-order valence-electron chi connectivity index (χ0n) is 8.15. The van der Waals surface area contributed by atoms with Crippen molar-refractivity contribution in [3.8, 4) is 11.8 Å². The lowest BCUT2D eigenvalue weighted by molar-refractivity contribution is 0.686. The van der Waals surface area contributed by atoms with Gasteiger partial charge in [0.1, 0.15) is 0 Å². The Morgan fingerprint density at radius 3 is 2.83 bits per heavy atom. The lowest BCUT2D eigenvalue weighted by atomic mass is 10.4. The lowest BCUT2D eigenvalue weighted by Crippen LogP contribution is -2.16. The van der Waals surface area contributed by atoms with Gasteiger partial charge in [0.2, 0.25) is 0 Å². The molecule has 0 rings (SSSR count). The predicted molar refractivity (Wildman–Crippen MR) is 58.6 cm³/mol. The molecule has 0 aliphatic rings. The van der Waals surface area contributed by atoms with Crippen molar-refractivity contribution in [3.05, 3.63) is 0 Å². The molecule has 0 atom stereocenters. The molecule has 1 N–H and O–H groups in total. The first-order chi connectivity index (χ1) is 5.91. The Morgan fingerprint density at radius 1 is 1.33 bits per heavy atom. The summed E-state index contributed by atoms with van der Waals surface area (Å²) >= 11 is 2.01. The summed E-state index contributed by atoms with van der Waals surface area (Å²) in [5.41, 5.74) is 0. The van der Waals surface area contributed by atoms with Crippen molar-refractivity contribution in [2.24, 2.45) is 0 Å². The van der Waals surface area contributed by atoms with E-state index in [0.717, 1.165) is 19.5 Å². The Bertz CT molecular complexity index is 135. The van der Waals surface area contributed by atoms with Crippen LogP contribution in [-0.2, 0) is 0 Å². The van der Waals surface area contributed by atoms with E-state index in [9.17, 15) is 0 Å². The Labute approximate surface area is 80.7 Å². The summed E-state index contributed by atoms with van der Waals surface area (Å²) in [6.45, 7) is 6.27. The second-order valence-corrected chi connectivity index (χ2v) is 3.87. The van der Waals surface area contributed by atoms with Gasteiger partial charge in [-0.05, 0) is 31.4 Å². The molecule has 0 aliphatic heterocycles. The van der Waals surface area contributed by atoms with Crippen LogP contribution in [-0.4, -0.2) is 24.6 Å². The van der Waals surface area contributed by atoms with E-state index in [2.05, 4.69) is 24.1 Å². The van der Waals surface area contributed by atoms with E-state index < -0.39 is 0 Å². The number of nitrogens with one attached hydrogen (secondary N) is 1. The summed E-state index contributed by atoms with van der Waals surface area (Å²) in [6.07, 6.45) is 2.26. The molecule has 0 fully saturated rings. The van der Waals surface area contributed by atoms with Crippen LogP contribution in [0.15, 0.2) is 0 Å². The summed E-state index contributed by atoms with van der Waals surface area (Å²) in [6, 6.07) is 0. The Morgan fingerprint density at radius 2 is 2.17 bits per heavy atom. The zero-order valence-corrected chi connectivity index (χ0v) is 8.97. The van der Waals surface area contributed by atoms with Crippen LogP contribution in [0, 0.1) is 11.8 Å². The van der Waals surface area contributed by atoms with Crippen LogP contribution in [0.3, 0.4) is 0 Å². The molecule has 0 aromatic rings. The first-order valence-corrected chi connectivity index (χ1v) is 5.75. The highest BCUT2D eigenvalue weighted by molar-refractivity contribution is 7.99. The van der Waals surface area contributed by atoms with E-state index in [4.69, 9.17) is 0 Å². The minimum absolute atomic E-state index is 0.984. The van der Waals surface area contributed by atoms with Crippen molar-refractivity contribution >= 4 is 11.8 Å². The maximum Gasteiger partial charge on any atom is 0.0214 e. The van der Waals surface area contributed by atoms with E-state index in [1.165, 1.54) is 17.9 Å². The highest BCUT2D eigenvalue weighted by atomic mass is 32.2. The van der Waals surface area contributed by atoms with Crippen LogP contribution in [0.1, 0.15) is 26.7 Å². The van der Waals surface area contributed by atoms with Crippen LogP contribution >= 0.6 is 11.8 Å². The van der Waals surface area contributed by atoms with Crippen LogP contribution in [0.2, 0.25) is 0 Å². The lowest BCUT2D eigenvalue weighted by Gasteiger charge is -2.00. The van der Waals surface area contributed by atoms with Crippen LogP contribution < -0.4 is 5.32 Å². The van der Waals surface area contributed by atoms with Gasteiger partial charge in [0.25, 0.3) is 0 Å². The summed E-state index contributed by atoms with van der Waals surface area (Å²) in [7, 11) is 0. The van der Waals surface area contributed by atoms with Crippen LogP contribution in [0.5, 0.6) is 0 Å². The second kappa shape index (κ2) is 10.9. The largest absolute Gasteiger partial charge is 0.316 e. The van der Waals surface area contributed by atoms with Gasteiger partial charge in [0.15, 0.2) is 0 Å². The molecule has 0 aromatic heterocycles. The molecule has 2 heteroatoms. The van der Waals surface area contributed by atoms with Crippen molar-refractivity contribution < 1.29 is 0 Å². The molecule has 0 spiro atoms. The van der Waals surface area contributed by atoms with Gasteiger partial charge < -0.3 is 5.32 Å². The normalized spacial score (nSPS) is 9.17. The molecule has 0 aliphatic carbocycles. The maximum absolute atomic E-state index is 3.36. The quantitative estimate of drug-likeness (QED) is 0.482. The van der Waals surface area contributed by atoms with Gasteiger partial charge in [0, 0.05) is 13.0 Å². The van der Waals surface area contributed by atoms with E-state index in [-0.39, 0.29) is 0 Å². The number of thioether (sulfide) groups is 1. The topological polar surface area (TPSA) is 12.0 Å². The van der Waals surface area contributed by atoms with Crippen molar-refractivity contribution in [1.82, 2.24) is 5.32 Å². The average molecular weight is 185 g/mol. The van der Waals surface area contributed by atoms with E-state index in [0.29, 0.717) is 0 Å². The molecular formula is C10H19NS. The highest BCUT2D eigenvalue weighted by Gasteiger charge is 1.86. The van der Waals surface area contributed by atoms with Crippen molar-refractivity contribution in [2.45, 2.75) is 26.7 Å². The van der Waals surface area contributed by atoms with Crippen LogP contribution in [0.4, 0.5) is 0 Å². The van der Waals surface area contributed by atoms with Gasteiger partial charge in [-0.25, -0.2) is 0 Å². The van der Waals surface area contributed by atoms with Crippen molar-refractivity contribution in [3.63, 3.8) is 0 Å². The van der Waals surface area contributed by atoms with Gasteiger partial charge in [0.05, 0.1) is 0 Å². The Balaban J connectivity index is 2.84. The molecular weight excluding hydrogens is 166 g/mol. The fraction of sp³-hybridized carbons (Fsp3) is 0.800. The van der Waals surface area contributed by atoms with Gasteiger partial charge in [-0.1, -0.05) is 6.92 Å². The summed E-state index contributed by atoms with van der Waals surface area (Å²) < 4.78 is 0. The third-order valence-electron chi connectivity index (χ3n) is 1.45. The van der Waals surface area contributed by atoms with Crippen LogP contribution in [0.25, 0.3) is 0 Å². The maximum atomic E-state index is 3.36. The van der Waals surface area contributed by atoms with Crippen molar-refractivity contribution in [2.75, 3.05) is 24.6 Å². The van der Waals surface area contributed by atoms with Gasteiger partial charge in [-0.2, -0.15) is 11.8 Å². The van der Waals surface area contributed by atoms with E-state index in [1.54, 1.807) is 0 Å². The Hall–Kier alpha value is -0.130.